The van der Waals surface area contributed by atoms with Crippen molar-refractivity contribution in [3.8, 4) is 0 Å². The summed E-state index contributed by atoms with van der Waals surface area (Å²) in [6.07, 6.45) is 25.1. The summed E-state index contributed by atoms with van der Waals surface area (Å²) in [5, 5.41) is 14.3. The van der Waals surface area contributed by atoms with Crippen molar-refractivity contribution < 1.29 is 5.21 Å². The number of rotatable bonds is 1. The third-order valence-electron chi connectivity index (χ3n) is 5.98. The SMILES string of the molecule is C/C(N)=N\O.CCN1CCCCCCCCCCCCCCCCCCC1.c1ccsc1. The van der Waals surface area contributed by atoms with Crippen LogP contribution in [0.2, 0.25) is 0 Å². The van der Waals surface area contributed by atoms with Crippen molar-refractivity contribution in [2.45, 2.75) is 123 Å². The second kappa shape index (κ2) is 26.2. The van der Waals surface area contributed by atoms with Crippen LogP contribution >= 0.6 is 11.3 Å². The van der Waals surface area contributed by atoms with Crippen molar-refractivity contribution in [2.24, 2.45) is 10.9 Å². The van der Waals surface area contributed by atoms with E-state index in [1.807, 2.05) is 22.9 Å². The minimum Gasteiger partial charge on any atom is -0.409 e. The van der Waals surface area contributed by atoms with Gasteiger partial charge in [-0.05, 0) is 50.2 Å². The van der Waals surface area contributed by atoms with E-state index >= 15 is 0 Å². The average molecular weight is 468 g/mol. The molecule has 0 atom stereocenters. The third-order valence-corrected chi connectivity index (χ3v) is 6.61. The first-order valence-corrected chi connectivity index (χ1v) is 14.3. The highest BCUT2D eigenvalue weighted by atomic mass is 32.1. The molecule has 0 radical (unpaired) electrons. The number of hydrogen-bond donors (Lipinski definition) is 2. The molecular formula is C27H53N3OS. The standard InChI is InChI=1S/C21H43N.C4H4S.C2H6N2O/c1-2-22-20-18-16-14-12-10-8-6-4-3-5-7-9-11-13-15-17-19-21-22;1-2-4-5-3-1;1-2(3)4-5/h2-21H2,1H3;1-4H;5H,1H3,(H2,3,4). The smallest absolute Gasteiger partial charge is 0.135 e. The average Bonchev–Trinajstić information content (AvgIpc) is 3.39. The zero-order valence-corrected chi connectivity index (χ0v) is 22.1. The molecule has 5 heteroatoms. The second-order valence-corrected chi connectivity index (χ2v) is 9.80. The van der Waals surface area contributed by atoms with E-state index in [9.17, 15) is 0 Å². The van der Waals surface area contributed by atoms with Gasteiger partial charge in [0.15, 0.2) is 0 Å². The van der Waals surface area contributed by atoms with Gasteiger partial charge in [-0.2, -0.15) is 11.3 Å². The second-order valence-electron chi connectivity index (χ2n) is 8.98. The predicted molar refractivity (Wildman–Crippen MR) is 144 cm³/mol. The van der Waals surface area contributed by atoms with Gasteiger partial charge in [-0.25, -0.2) is 0 Å². The number of nitrogens with zero attached hydrogens (tertiary/aromatic N) is 2. The maximum atomic E-state index is 7.61. The van der Waals surface area contributed by atoms with E-state index in [0.717, 1.165) is 0 Å². The lowest BCUT2D eigenvalue weighted by atomic mass is 10.0. The monoisotopic (exact) mass is 467 g/mol. The first kappa shape index (κ1) is 30.9. The quantitative estimate of drug-likeness (QED) is 0.188. The highest BCUT2D eigenvalue weighted by molar-refractivity contribution is 7.07. The highest BCUT2D eigenvalue weighted by Crippen LogP contribution is 2.14. The Morgan fingerprint density at radius 1 is 0.719 bits per heavy atom. The van der Waals surface area contributed by atoms with E-state index in [1.165, 1.54) is 136 Å². The van der Waals surface area contributed by atoms with Crippen LogP contribution in [0.4, 0.5) is 0 Å². The molecule has 2 heterocycles. The molecule has 0 aliphatic carbocycles. The van der Waals surface area contributed by atoms with Crippen molar-refractivity contribution in [1.82, 2.24) is 4.90 Å². The van der Waals surface area contributed by atoms with Crippen LogP contribution in [-0.4, -0.2) is 35.6 Å². The van der Waals surface area contributed by atoms with Crippen LogP contribution in [-0.2, 0) is 0 Å². The van der Waals surface area contributed by atoms with Crippen LogP contribution < -0.4 is 5.73 Å². The maximum Gasteiger partial charge on any atom is 0.135 e. The summed E-state index contributed by atoms with van der Waals surface area (Å²) in [5.74, 6) is 0.185. The zero-order valence-electron chi connectivity index (χ0n) is 21.3. The highest BCUT2D eigenvalue weighted by Gasteiger charge is 2.02. The summed E-state index contributed by atoms with van der Waals surface area (Å²) in [4.78, 5) is 2.68. The van der Waals surface area contributed by atoms with Gasteiger partial charge < -0.3 is 15.8 Å². The molecule has 0 unspecified atom stereocenters. The number of amidine groups is 1. The molecule has 3 N–H and O–H groups in total. The van der Waals surface area contributed by atoms with Crippen LogP contribution in [0.1, 0.15) is 123 Å². The Morgan fingerprint density at radius 3 is 1.19 bits per heavy atom. The topological polar surface area (TPSA) is 61.9 Å². The minimum absolute atomic E-state index is 0.185. The van der Waals surface area contributed by atoms with Crippen molar-refractivity contribution in [1.29, 1.82) is 0 Å². The van der Waals surface area contributed by atoms with Crippen LogP contribution in [0.25, 0.3) is 0 Å². The minimum atomic E-state index is 0.185. The van der Waals surface area contributed by atoms with E-state index < -0.39 is 0 Å². The lowest BCUT2D eigenvalue weighted by molar-refractivity contribution is 0.273. The van der Waals surface area contributed by atoms with E-state index in [0.29, 0.717) is 0 Å². The Labute approximate surface area is 203 Å². The Hall–Kier alpha value is -1.07. The molecule has 1 aromatic rings. The van der Waals surface area contributed by atoms with Gasteiger partial charge in [0.25, 0.3) is 0 Å². The summed E-state index contributed by atoms with van der Waals surface area (Å²) in [6.45, 7) is 7.77. The van der Waals surface area contributed by atoms with Gasteiger partial charge in [0, 0.05) is 0 Å². The van der Waals surface area contributed by atoms with Gasteiger partial charge in [0.05, 0.1) is 0 Å². The summed E-state index contributed by atoms with van der Waals surface area (Å²) in [5.41, 5.74) is 4.79. The molecule has 2 rings (SSSR count). The number of oxime groups is 1. The Morgan fingerprint density at radius 2 is 1.00 bits per heavy atom. The molecular weight excluding hydrogens is 414 g/mol. The van der Waals surface area contributed by atoms with Crippen molar-refractivity contribution in [3.05, 3.63) is 22.9 Å². The predicted octanol–water partition coefficient (Wildman–Crippen LogP) is 8.45. The summed E-state index contributed by atoms with van der Waals surface area (Å²) >= 11 is 1.71. The fourth-order valence-corrected chi connectivity index (χ4v) is 4.43. The lowest BCUT2D eigenvalue weighted by Gasteiger charge is -2.20. The van der Waals surface area contributed by atoms with Crippen molar-refractivity contribution in [2.75, 3.05) is 19.6 Å². The largest absolute Gasteiger partial charge is 0.409 e. The molecule has 32 heavy (non-hydrogen) atoms. The molecule has 0 bridgehead atoms. The Kier molecular flexibility index (Phi) is 25.3. The van der Waals surface area contributed by atoms with Gasteiger partial charge in [0.1, 0.15) is 5.84 Å². The van der Waals surface area contributed by atoms with Gasteiger partial charge in [-0.3, -0.25) is 0 Å². The molecule has 1 aliphatic rings. The molecule has 1 fully saturated rings. The zero-order chi connectivity index (χ0) is 23.5. The van der Waals surface area contributed by atoms with E-state index in [1.54, 1.807) is 11.3 Å². The van der Waals surface area contributed by atoms with Crippen LogP contribution in [0, 0.1) is 0 Å². The third kappa shape index (κ3) is 25.2. The molecule has 4 nitrogen and oxygen atoms in total. The first-order valence-electron chi connectivity index (χ1n) is 13.3. The molecule has 188 valence electrons. The molecule has 1 aliphatic heterocycles. The van der Waals surface area contributed by atoms with Gasteiger partial charge >= 0.3 is 0 Å². The van der Waals surface area contributed by atoms with E-state index in [-0.39, 0.29) is 5.84 Å². The Bertz CT molecular complexity index is 438. The van der Waals surface area contributed by atoms with Crippen molar-refractivity contribution >= 4 is 17.2 Å². The van der Waals surface area contributed by atoms with Crippen LogP contribution in [0.5, 0.6) is 0 Å². The molecule has 1 aromatic heterocycles. The lowest BCUT2D eigenvalue weighted by Crippen LogP contribution is -2.25. The maximum absolute atomic E-state index is 7.61. The molecule has 1 saturated heterocycles. The fraction of sp³-hybridized carbons (Fsp3) is 0.815. The first-order chi connectivity index (χ1) is 15.7. The fourth-order valence-electron chi connectivity index (χ4n) is 3.98. The van der Waals surface area contributed by atoms with Crippen molar-refractivity contribution in [3.63, 3.8) is 0 Å². The van der Waals surface area contributed by atoms with Gasteiger partial charge in [-0.1, -0.05) is 121 Å². The summed E-state index contributed by atoms with van der Waals surface area (Å²) in [7, 11) is 0. The number of thiophene rings is 1. The van der Waals surface area contributed by atoms with E-state index in [2.05, 4.69) is 17.0 Å². The molecule has 0 spiro atoms. The number of hydrogen-bond acceptors (Lipinski definition) is 4. The number of nitrogens with two attached hydrogens (primary N) is 1. The molecule has 0 amide bonds. The van der Waals surface area contributed by atoms with E-state index in [4.69, 9.17) is 10.9 Å². The van der Waals surface area contributed by atoms with Gasteiger partial charge in [0.2, 0.25) is 0 Å². The van der Waals surface area contributed by atoms with Gasteiger partial charge in [-0.15, -0.1) is 0 Å². The Balaban J connectivity index is 0.000000785. The normalized spacial score (nSPS) is 19.5. The molecule has 0 saturated carbocycles. The molecule has 0 aromatic carbocycles. The summed E-state index contributed by atoms with van der Waals surface area (Å²) < 4.78 is 0. The van der Waals surface area contributed by atoms with Crippen LogP contribution in [0.15, 0.2) is 28.0 Å². The van der Waals surface area contributed by atoms with Crippen LogP contribution in [0.3, 0.4) is 0 Å². The summed E-state index contributed by atoms with van der Waals surface area (Å²) in [6, 6.07) is 4.04.